The maximum atomic E-state index is 12.0. The molecule has 0 aromatic heterocycles. The van der Waals surface area contributed by atoms with Crippen molar-refractivity contribution < 1.29 is 4.79 Å². The van der Waals surface area contributed by atoms with Crippen molar-refractivity contribution in [1.82, 2.24) is 4.90 Å². The molecule has 0 aliphatic carbocycles. The van der Waals surface area contributed by atoms with Gasteiger partial charge in [-0.15, -0.1) is 12.4 Å². The molecule has 1 heterocycles. The molecule has 1 aliphatic rings. The predicted octanol–water partition coefficient (Wildman–Crippen LogP) is 2.43. The lowest BCUT2D eigenvalue weighted by Crippen LogP contribution is -2.43. The van der Waals surface area contributed by atoms with Gasteiger partial charge in [0.15, 0.2) is 0 Å². The van der Waals surface area contributed by atoms with Crippen LogP contribution < -0.4 is 11.1 Å². The molecule has 1 aliphatic heterocycles. The second-order valence-corrected chi connectivity index (χ2v) is 5.56. The number of piperidine rings is 1. The Morgan fingerprint density at radius 1 is 1.45 bits per heavy atom. The molecule has 0 saturated carbocycles. The summed E-state index contributed by atoms with van der Waals surface area (Å²) < 4.78 is 0. The van der Waals surface area contributed by atoms with Gasteiger partial charge in [0.2, 0.25) is 5.91 Å². The highest BCUT2D eigenvalue weighted by atomic mass is 35.5. The van der Waals surface area contributed by atoms with E-state index < -0.39 is 0 Å². The lowest BCUT2D eigenvalue weighted by atomic mass is 10.1. The van der Waals surface area contributed by atoms with E-state index in [0.29, 0.717) is 11.6 Å². The summed E-state index contributed by atoms with van der Waals surface area (Å²) >= 11 is 5.93. The fraction of sp³-hybridized carbons (Fsp3) is 0.500. The minimum Gasteiger partial charge on any atom is -0.328 e. The van der Waals surface area contributed by atoms with E-state index in [4.69, 9.17) is 17.3 Å². The van der Waals surface area contributed by atoms with Crippen molar-refractivity contribution in [3.8, 4) is 0 Å². The smallest absolute Gasteiger partial charge is 0.238 e. The van der Waals surface area contributed by atoms with Crippen molar-refractivity contribution in [2.75, 3.05) is 25.0 Å². The summed E-state index contributed by atoms with van der Waals surface area (Å²) in [5, 5.41) is 3.54. The van der Waals surface area contributed by atoms with Crippen LogP contribution in [0.15, 0.2) is 18.2 Å². The van der Waals surface area contributed by atoms with E-state index in [1.165, 1.54) is 0 Å². The lowest BCUT2D eigenvalue weighted by molar-refractivity contribution is -0.117. The maximum Gasteiger partial charge on any atom is 0.238 e. The number of nitrogens with one attached hydrogen (secondary N) is 1. The van der Waals surface area contributed by atoms with E-state index in [1.807, 2.05) is 19.1 Å². The van der Waals surface area contributed by atoms with Crippen LogP contribution in [0, 0.1) is 6.92 Å². The molecule has 6 heteroatoms. The molecular formula is C14H21Cl2N3O. The SMILES string of the molecule is Cc1ccc(Cl)cc1NC(=O)CN1CCC(N)CC1.Cl. The largest absolute Gasteiger partial charge is 0.328 e. The zero-order valence-electron chi connectivity index (χ0n) is 11.6. The summed E-state index contributed by atoms with van der Waals surface area (Å²) in [6, 6.07) is 5.78. The number of likely N-dealkylation sites (tertiary alicyclic amines) is 1. The molecule has 0 atom stereocenters. The second kappa shape index (κ2) is 7.84. The molecule has 112 valence electrons. The monoisotopic (exact) mass is 317 g/mol. The van der Waals surface area contributed by atoms with Crippen LogP contribution in [0.5, 0.6) is 0 Å². The molecule has 1 amide bonds. The number of halogens is 2. The van der Waals surface area contributed by atoms with E-state index in [9.17, 15) is 4.79 Å². The van der Waals surface area contributed by atoms with Gasteiger partial charge in [-0.2, -0.15) is 0 Å². The average molecular weight is 318 g/mol. The number of benzene rings is 1. The van der Waals surface area contributed by atoms with E-state index in [1.54, 1.807) is 6.07 Å². The van der Waals surface area contributed by atoms with Crippen molar-refractivity contribution in [2.24, 2.45) is 5.73 Å². The average Bonchev–Trinajstić information content (AvgIpc) is 2.37. The summed E-state index contributed by atoms with van der Waals surface area (Å²) in [7, 11) is 0. The zero-order chi connectivity index (χ0) is 13.8. The summed E-state index contributed by atoms with van der Waals surface area (Å²) in [4.78, 5) is 14.1. The molecule has 1 aromatic rings. The summed E-state index contributed by atoms with van der Waals surface area (Å²) in [5.41, 5.74) is 7.64. The Bertz CT molecular complexity index is 460. The number of carbonyl (C=O) groups excluding carboxylic acids is 1. The lowest BCUT2D eigenvalue weighted by Gasteiger charge is -2.29. The van der Waals surface area contributed by atoms with Gasteiger partial charge in [0.1, 0.15) is 0 Å². The number of hydrogen-bond acceptors (Lipinski definition) is 3. The molecule has 0 radical (unpaired) electrons. The predicted molar refractivity (Wildman–Crippen MR) is 85.7 cm³/mol. The van der Waals surface area contributed by atoms with Crippen LogP contribution in [0.4, 0.5) is 5.69 Å². The third-order valence-electron chi connectivity index (χ3n) is 3.47. The number of rotatable bonds is 3. The minimum atomic E-state index is 0. The number of carbonyl (C=O) groups is 1. The molecule has 3 N–H and O–H groups in total. The standard InChI is InChI=1S/C14H20ClN3O.ClH/c1-10-2-3-11(15)8-13(10)17-14(19)9-18-6-4-12(16)5-7-18;/h2-3,8,12H,4-7,9,16H2,1H3,(H,17,19);1H. The first-order chi connectivity index (χ1) is 9.04. The van der Waals surface area contributed by atoms with Crippen LogP contribution in [0.1, 0.15) is 18.4 Å². The van der Waals surface area contributed by atoms with Crippen LogP contribution in [0.25, 0.3) is 0 Å². The van der Waals surface area contributed by atoms with Crippen LogP contribution in [-0.4, -0.2) is 36.5 Å². The van der Waals surface area contributed by atoms with E-state index in [2.05, 4.69) is 10.2 Å². The Labute approximate surface area is 131 Å². The first kappa shape index (κ1) is 17.2. The molecular weight excluding hydrogens is 297 g/mol. The Morgan fingerprint density at radius 3 is 2.75 bits per heavy atom. The van der Waals surface area contributed by atoms with E-state index in [0.717, 1.165) is 37.2 Å². The molecule has 0 spiro atoms. The third kappa shape index (κ3) is 4.94. The van der Waals surface area contributed by atoms with Gasteiger partial charge in [-0.1, -0.05) is 17.7 Å². The number of nitrogens with zero attached hydrogens (tertiary/aromatic N) is 1. The van der Waals surface area contributed by atoms with Gasteiger partial charge in [0.05, 0.1) is 6.54 Å². The number of amides is 1. The van der Waals surface area contributed by atoms with Crippen molar-refractivity contribution in [3.63, 3.8) is 0 Å². The fourth-order valence-corrected chi connectivity index (χ4v) is 2.40. The first-order valence-corrected chi connectivity index (χ1v) is 6.96. The minimum absolute atomic E-state index is 0. The number of anilines is 1. The van der Waals surface area contributed by atoms with Gasteiger partial charge in [-0.05, 0) is 37.5 Å². The van der Waals surface area contributed by atoms with E-state index >= 15 is 0 Å². The van der Waals surface area contributed by atoms with Gasteiger partial charge in [-0.25, -0.2) is 0 Å². The van der Waals surface area contributed by atoms with Crippen molar-refractivity contribution >= 4 is 35.6 Å². The van der Waals surface area contributed by atoms with Crippen LogP contribution in [-0.2, 0) is 4.79 Å². The number of hydrogen-bond donors (Lipinski definition) is 2. The Hall–Kier alpha value is -0.810. The number of aryl methyl sites for hydroxylation is 1. The fourth-order valence-electron chi connectivity index (χ4n) is 2.23. The van der Waals surface area contributed by atoms with E-state index in [-0.39, 0.29) is 24.4 Å². The van der Waals surface area contributed by atoms with Gasteiger partial charge in [0.25, 0.3) is 0 Å². The third-order valence-corrected chi connectivity index (χ3v) is 3.71. The normalized spacial score (nSPS) is 16.6. The van der Waals surface area contributed by atoms with Gasteiger partial charge < -0.3 is 11.1 Å². The Balaban J connectivity index is 0.00000200. The maximum absolute atomic E-state index is 12.0. The molecule has 4 nitrogen and oxygen atoms in total. The molecule has 0 bridgehead atoms. The molecule has 20 heavy (non-hydrogen) atoms. The Kier molecular flexibility index (Phi) is 6.76. The summed E-state index contributed by atoms with van der Waals surface area (Å²) in [6.07, 6.45) is 1.92. The van der Waals surface area contributed by atoms with Gasteiger partial charge in [-0.3, -0.25) is 9.69 Å². The quantitative estimate of drug-likeness (QED) is 0.900. The zero-order valence-corrected chi connectivity index (χ0v) is 13.1. The Morgan fingerprint density at radius 2 is 2.10 bits per heavy atom. The molecule has 1 fully saturated rings. The number of nitrogens with two attached hydrogens (primary N) is 1. The summed E-state index contributed by atoms with van der Waals surface area (Å²) in [5.74, 6) is 0.000776. The van der Waals surface area contributed by atoms with Gasteiger partial charge >= 0.3 is 0 Å². The van der Waals surface area contributed by atoms with Crippen LogP contribution >= 0.6 is 24.0 Å². The van der Waals surface area contributed by atoms with Crippen molar-refractivity contribution in [1.29, 1.82) is 0 Å². The molecule has 2 rings (SSSR count). The molecule has 0 unspecified atom stereocenters. The highest BCUT2D eigenvalue weighted by Crippen LogP contribution is 2.20. The highest BCUT2D eigenvalue weighted by Gasteiger charge is 2.18. The summed E-state index contributed by atoms with van der Waals surface area (Å²) in [6.45, 7) is 4.15. The van der Waals surface area contributed by atoms with Crippen molar-refractivity contribution in [2.45, 2.75) is 25.8 Å². The van der Waals surface area contributed by atoms with Crippen LogP contribution in [0.3, 0.4) is 0 Å². The molecule has 1 saturated heterocycles. The highest BCUT2D eigenvalue weighted by molar-refractivity contribution is 6.31. The van der Waals surface area contributed by atoms with Crippen molar-refractivity contribution in [3.05, 3.63) is 28.8 Å². The van der Waals surface area contributed by atoms with Crippen LogP contribution in [0.2, 0.25) is 5.02 Å². The topological polar surface area (TPSA) is 58.4 Å². The second-order valence-electron chi connectivity index (χ2n) is 5.12. The molecule has 1 aromatic carbocycles. The van der Waals surface area contributed by atoms with Gasteiger partial charge in [0, 0.05) is 29.8 Å². The first-order valence-electron chi connectivity index (χ1n) is 6.58.